The van der Waals surface area contributed by atoms with Gasteiger partial charge in [0.05, 0.1) is 6.61 Å². The fraction of sp³-hybridized carbons (Fsp3) is 0.917. The Bertz CT molecular complexity index is 211. The van der Waals surface area contributed by atoms with Crippen molar-refractivity contribution in [2.24, 2.45) is 11.8 Å². The van der Waals surface area contributed by atoms with Crippen LogP contribution in [0.1, 0.15) is 26.7 Å². The fourth-order valence-corrected chi connectivity index (χ4v) is 1.94. The summed E-state index contributed by atoms with van der Waals surface area (Å²) in [5.74, 6) is 1.12. The SMILES string of the molecule is CNCC1CCN(C(=O)OCC(C)C)CC1. The minimum atomic E-state index is -0.142. The summed E-state index contributed by atoms with van der Waals surface area (Å²) in [6.45, 7) is 7.34. The monoisotopic (exact) mass is 228 g/mol. The summed E-state index contributed by atoms with van der Waals surface area (Å²) >= 11 is 0. The lowest BCUT2D eigenvalue weighted by atomic mass is 9.97. The molecule has 4 nitrogen and oxygen atoms in total. The lowest BCUT2D eigenvalue weighted by Crippen LogP contribution is -2.41. The average Bonchev–Trinajstić information content (AvgIpc) is 2.27. The van der Waals surface area contributed by atoms with E-state index in [1.165, 1.54) is 0 Å². The van der Waals surface area contributed by atoms with Crippen LogP contribution in [0.2, 0.25) is 0 Å². The van der Waals surface area contributed by atoms with E-state index >= 15 is 0 Å². The Morgan fingerprint density at radius 1 is 1.44 bits per heavy atom. The molecule has 0 aromatic heterocycles. The van der Waals surface area contributed by atoms with E-state index < -0.39 is 0 Å². The maximum Gasteiger partial charge on any atom is 0.409 e. The first-order valence-corrected chi connectivity index (χ1v) is 6.19. The van der Waals surface area contributed by atoms with Gasteiger partial charge >= 0.3 is 6.09 Å². The minimum Gasteiger partial charge on any atom is -0.449 e. The van der Waals surface area contributed by atoms with Crippen LogP contribution in [-0.4, -0.2) is 44.3 Å². The summed E-state index contributed by atoms with van der Waals surface area (Å²) in [7, 11) is 1.98. The van der Waals surface area contributed by atoms with Crippen molar-refractivity contribution in [1.29, 1.82) is 0 Å². The van der Waals surface area contributed by atoms with Crippen LogP contribution in [0.15, 0.2) is 0 Å². The molecule has 0 aliphatic carbocycles. The Kier molecular flexibility index (Phi) is 5.60. The second-order valence-corrected chi connectivity index (χ2v) is 4.96. The van der Waals surface area contributed by atoms with Crippen LogP contribution in [0.5, 0.6) is 0 Å². The number of amides is 1. The van der Waals surface area contributed by atoms with E-state index in [9.17, 15) is 4.79 Å². The van der Waals surface area contributed by atoms with Gasteiger partial charge < -0.3 is 15.0 Å². The zero-order valence-electron chi connectivity index (χ0n) is 10.7. The summed E-state index contributed by atoms with van der Waals surface area (Å²) in [6.07, 6.45) is 2.02. The zero-order chi connectivity index (χ0) is 12.0. The molecule has 16 heavy (non-hydrogen) atoms. The van der Waals surface area contributed by atoms with Crippen LogP contribution in [0.4, 0.5) is 4.79 Å². The highest BCUT2D eigenvalue weighted by Crippen LogP contribution is 2.17. The molecule has 1 amide bonds. The van der Waals surface area contributed by atoms with Crippen molar-refractivity contribution in [3.8, 4) is 0 Å². The molecule has 0 radical (unpaired) electrons. The second-order valence-electron chi connectivity index (χ2n) is 4.96. The summed E-state index contributed by atoms with van der Waals surface area (Å²) in [5, 5.41) is 3.19. The lowest BCUT2D eigenvalue weighted by molar-refractivity contribution is 0.0791. The third-order valence-electron chi connectivity index (χ3n) is 2.91. The number of carbonyl (C=O) groups excluding carboxylic acids is 1. The topological polar surface area (TPSA) is 41.6 Å². The third-order valence-corrected chi connectivity index (χ3v) is 2.91. The predicted octanol–water partition coefficient (Wildman–Crippen LogP) is 1.71. The first-order valence-electron chi connectivity index (χ1n) is 6.19. The number of nitrogens with zero attached hydrogens (tertiary/aromatic N) is 1. The molecule has 0 atom stereocenters. The van der Waals surface area contributed by atoms with Gasteiger partial charge in [0.1, 0.15) is 0 Å². The normalized spacial score (nSPS) is 17.9. The third kappa shape index (κ3) is 4.39. The van der Waals surface area contributed by atoms with Gasteiger partial charge in [-0.3, -0.25) is 0 Å². The van der Waals surface area contributed by atoms with E-state index in [0.717, 1.165) is 32.5 Å². The molecular weight excluding hydrogens is 204 g/mol. The molecule has 0 spiro atoms. The number of rotatable bonds is 4. The molecule has 1 aliphatic rings. The van der Waals surface area contributed by atoms with E-state index in [2.05, 4.69) is 5.32 Å². The van der Waals surface area contributed by atoms with Crippen molar-refractivity contribution < 1.29 is 9.53 Å². The summed E-state index contributed by atoms with van der Waals surface area (Å²) in [6, 6.07) is 0. The highest BCUT2D eigenvalue weighted by atomic mass is 16.6. The summed E-state index contributed by atoms with van der Waals surface area (Å²) in [4.78, 5) is 13.5. The molecule has 1 saturated heterocycles. The van der Waals surface area contributed by atoms with Crippen molar-refractivity contribution in [3.63, 3.8) is 0 Å². The molecule has 0 unspecified atom stereocenters. The zero-order valence-corrected chi connectivity index (χ0v) is 10.7. The number of ether oxygens (including phenoxy) is 1. The van der Waals surface area contributed by atoms with Crippen LogP contribution in [0, 0.1) is 11.8 Å². The second kappa shape index (κ2) is 6.74. The number of nitrogens with one attached hydrogen (secondary N) is 1. The van der Waals surface area contributed by atoms with Crippen LogP contribution >= 0.6 is 0 Å². The Balaban J connectivity index is 2.22. The molecule has 0 aromatic rings. The standard InChI is InChI=1S/C12H24N2O2/c1-10(2)9-16-12(15)14-6-4-11(5-7-14)8-13-3/h10-11,13H,4-9H2,1-3H3. The molecule has 1 aliphatic heterocycles. The van der Waals surface area contributed by atoms with Gasteiger partial charge in [-0.1, -0.05) is 13.8 Å². The molecule has 1 fully saturated rings. The first-order chi connectivity index (χ1) is 7.63. The maximum atomic E-state index is 11.7. The quantitative estimate of drug-likeness (QED) is 0.796. The van der Waals surface area contributed by atoms with Crippen molar-refractivity contribution >= 4 is 6.09 Å². The fourth-order valence-electron chi connectivity index (χ4n) is 1.94. The molecule has 4 heteroatoms. The number of carbonyl (C=O) groups is 1. The number of hydrogen-bond donors (Lipinski definition) is 1. The van der Waals surface area contributed by atoms with Gasteiger partial charge in [-0.2, -0.15) is 0 Å². The van der Waals surface area contributed by atoms with E-state index in [1.807, 2.05) is 25.8 Å². The number of likely N-dealkylation sites (tertiary alicyclic amines) is 1. The van der Waals surface area contributed by atoms with Gasteiger partial charge in [0.25, 0.3) is 0 Å². The molecule has 94 valence electrons. The molecule has 0 aromatic carbocycles. The Morgan fingerprint density at radius 2 is 2.06 bits per heavy atom. The van der Waals surface area contributed by atoms with Crippen LogP contribution in [0.3, 0.4) is 0 Å². The van der Waals surface area contributed by atoms with Gasteiger partial charge in [0.15, 0.2) is 0 Å². The van der Waals surface area contributed by atoms with Crippen molar-refractivity contribution in [3.05, 3.63) is 0 Å². The van der Waals surface area contributed by atoms with Gasteiger partial charge in [-0.15, -0.1) is 0 Å². The largest absolute Gasteiger partial charge is 0.449 e. The average molecular weight is 228 g/mol. The molecule has 1 N–H and O–H groups in total. The minimum absolute atomic E-state index is 0.142. The highest BCUT2D eigenvalue weighted by molar-refractivity contribution is 5.67. The van der Waals surface area contributed by atoms with Gasteiger partial charge in [-0.25, -0.2) is 4.79 Å². The highest BCUT2D eigenvalue weighted by Gasteiger charge is 2.23. The van der Waals surface area contributed by atoms with Crippen LogP contribution < -0.4 is 5.32 Å². The molecule has 1 rings (SSSR count). The Hall–Kier alpha value is -0.770. The lowest BCUT2D eigenvalue weighted by Gasteiger charge is -2.31. The smallest absolute Gasteiger partial charge is 0.409 e. The van der Waals surface area contributed by atoms with Crippen molar-refractivity contribution in [1.82, 2.24) is 10.2 Å². The van der Waals surface area contributed by atoms with E-state index in [-0.39, 0.29) is 6.09 Å². The number of hydrogen-bond acceptors (Lipinski definition) is 3. The van der Waals surface area contributed by atoms with Gasteiger partial charge in [-0.05, 0) is 38.3 Å². The van der Waals surface area contributed by atoms with Gasteiger partial charge in [0, 0.05) is 13.1 Å². The van der Waals surface area contributed by atoms with Crippen LogP contribution in [-0.2, 0) is 4.74 Å². The molecule has 1 heterocycles. The van der Waals surface area contributed by atoms with E-state index in [1.54, 1.807) is 0 Å². The first kappa shape index (κ1) is 13.3. The Morgan fingerprint density at radius 3 is 2.56 bits per heavy atom. The van der Waals surface area contributed by atoms with E-state index in [0.29, 0.717) is 18.4 Å². The number of piperidine rings is 1. The maximum absolute atomic E-state index is 11.7. The van der Waals surface area contributed by atoms with Crippen molar-refractivity contribution in [2.75, 3.05) is 33.3 Å². The van der Waals surface area contributed by atoms with Gasteiger partial charge in [0.2, 0.25) is 0 Å². The summed E-state index contributed by atoms with van der Waals surface area (Å²) < 4.78 is 5.21. The molecule has 0 bridgehead atoms. The summed E-state index contributed by atoms with van der Waals surface area (Å²) in [5.41, 5.74) is 0. The molecule has 0 saturated carbocycles. The van der Waals surface area contributed by atoms with Crippen molar-refractivity contribution in [2.45, 2.75) is 26.7 Å². The molecular formula is C12H24N2O2. The Labute approximate surface area is 98.3 Å². The predicted molar refractivity (Wildman–Crippen MR) is 64.4 cm³/mol. The van der Waals surface area contributed by atoms with Crippen LogP contribution in [0.25, 0.3) is 0 Å². The van der Waals surface area contributed by atoms with E-state index in [4.69, 9.17) is 4.74 Å².